The van der Waals surface area contributed by atoms with Crippen molar-refractivity contribution in [3.05, 3.63) is 96.0 Å². The van der Waals surface area contributed by atoms with Crippen molar-refractivity contribution in [1.82, 2.24) is 35.5 Å². The number of carbonyl (C=O) groups is 3. The van der Waals surface area contributed by atoms with Crippen LogP contribution in [-0.2, 0) is 30.4 Å². The van der Waals surface area contributed by atoms with Crippen molar-refractivity contribution in [2.24, 2.45) is 5.41 Å². The molecule has 7 rings (SSSR count). The van der Waals surface area contributed by atoms with Crippen molar-refractivity contribution in [1.29, 1.82) is 0 Å². The van der Waals surface area contributed by atoms with Crippen LogP contribution in [0.4, 0.5) is 0 Å². The summed E-state index contributed by atoms with van der Waals surface area (Å²) >= 11 is 1.57. The number of pyridine rings is 2. The SMILES string of the molecule is Cc1ncsc1-c1ccc(CNC(=O)[C@@H]2C[C@@H](O)CN2C(=O)[C@@H](NC(=O)COCCOCCOc2ccc(-c3ccc4c(c3)[nH]c3ccncc34)cn2)C(C)(C)C)cc1. The van der Waals surface area contributed by atoms with Gasteiger partial charge in [-0.3, -0.25) is 19.4 Å². The second-order valence-corrected chi connectivity index (χ2v) is 16.5. The summed E-state index contributed by atoms with van der Waals surface area (Å²) in [7, 11) is 0. The molecule has 4 N–H and O–H groups in total. The van der Waals surface area contributed by atoms with Crippen LogP contribution in [0.25, 0.3) is 43.4 Å². The van der Waals surface area contributed by atoms with Crippen LogP contribution >= 0.6 is 11.3 Å². The van der Waals surface area contributed by atoms with Crippen LogP contribution in [-0.4, -0.2) is 105 Å². The van der Waals surface area contributed by atoms with Gasteiger partial charge in [0.15, 0.2) is 0 Å². The quantitative estimate of drug-likeness (QED) is 0.0920. The third-order valence-corrected chi connectivity index (χ3v) is 11.2. The minimum Gasteiger partial charge on any atom is -0.475 e. The average molecular weight is 820 g/mol. The number of aliphatic hydroxyl groups is 1. The minimum atomic E-state index is -0.959. The van der Waals surface area contributed by atoms with Crippen molar-refractivity contribution in [2.75, 3.05) is 39.6 Å². The molecule has 59 heavy (non-hydrogen) atoms. The zero-order chi connectivity index (χ0) is 41.5. The molecule has 0 spiro atoms. The maximum Gasteiger partial charge on any atom is 0.246 e. The lowest BCUT2D eigenvalue weighted by Crippen LogP contribution is -2.58. The van der Waals surface area contributed by atoms with E-state index in [-0.39, 0.29) is 51.8 Å². The standard InChI is InChI=1S/C44H49N7O7S/c1-27-40(59-26-48-27)29-7-5-28(6-8-29)21-47-42(54)37-20-32(52)24-51(37)43(55)41(44(2,3)4)50-38(53)25-57-16-15-56-17-18-58-39-12-10-31(22-46-39)30-9-11-33-34-23-45-14-13-35(34)49-36(33)19-30/h5-14,19,22-23,26,32,37,41,49,52H,15-18,20-21,24-25H2,1-4H3,(H,47,54)(H,50,53)/t32-,37+,41-/m1/s1. The topological polar surface area (TPSA) is 181 Å². The second kappa shape index (κ2) is 18.5. The summed E-state index contributed by atoms with van der Waals surface area (Å²) in [5.74, 6) is -0.810. The molecule has 308 valence electrons. The van der Waals surface area contributed by atoms with Crippen LogP contribution in [0, 0.1) is 12.3 Å². The molecule has 1 aliphatic heterocycles. The highest BCUT2D eigenvalue weighted by Gasteiger charge is 2.44. The van der Waals surface area contributed by atoms with E-state index < -0.39 is 35.4 Å². The van der Waals surface area contributed by atoms with Gasteiger partial charge in [-0.05, 0) is 47.2 Å². The number of aryl methyl sites for hydroxylation is 1. The molecule has 3 atom stereocenters. The molecule has 0 bridgehead atoms. The Morgan fingerprint density at radius 2 is 1.68 bits per heavy atom. The average Bonchev–Trinajstić information content (AvgIpc) is 3.95. The summed E-state index contributed by atoms with van der Waals surface area (Å²) in [6.45, 7) is 8.39. The number of hydrogen-bond donors (Lipinski definition) is 4. The number of β-amino-alcohol motifs (C(OH)–C–C–N with tert-alkyl or cyclic N) is 1. The molecule has 0 unspecified atom stereocenters. The fourth-order valence-corrected chi connectivity index (χ4v) is 7.95. The summed E-state index contributed by atoms with van der Waals surface area (Å²) in [6, 6.07) is 18.0. The summed E-state index contributed by atoms with van der Waals surface area (Å²) in [5, 5.41) is 18.5. The number of amides is 3. The van der Waals surface area contributed by atoms with Gasteiger partial charge >= 0.3 is 0 Å². The minimum absolute atomic E-state index is 0.0113. The number of likely N-dealkylation sites (tertiary alicyclic amines) is 1. The number of nitrogens with zero attached hydrogens (tertiary/aromatic N) is 4. The van der Waals surface area contributed by atoms with Crippen molar-refractivity contribution >= 4 is 50.9 Å². The molecule has 0 radical (unpaired) electrons. The number of benzene rings is 2. The van der Waals surface area contributed by atoms with E-state index in [4.69, 9.17) is 14.2 Å². The normalized spacial score (nSPS) is 16.1. The van der Waals surface area contributed by atoms with Gasteiger partial charge < -0.3 is 39.8 Å². The van der Waals surface area contributed by atoms with Crippen LogP contribution in [0.2, 0.25) is 0 Å². The van der Waals surface area contributed by atoms with E-state index in [1.54, 1.807) is 23.7 Å². The molecule has 3 amide bonds. The molecule has 4 aromatic heterocycles. The Balaban J connectivity index is 0.813. The number of aliphatic hydroxyl groups excluding tert-OH is 1. The van der Waals surface area contributed by atoms with E-state index in [0.717, 1.165) is 54.6 Å². The summed E-state index contributed by atoms with van der Waals surface area (Å²) in [4.78, 5) is 59.1. The molecule has 1 saturated heterocycles. The lowest BCUT2D eigenvalue weighted by molar-refractivity contribution is -0.144. The van der Waals surface area contributed by atoms with Gasteiger partial charge in [-0.1, -0.05) is 57.2 Å². The highest BCUT2D eigenvalue weighted by molar-refractivity contribution is 7.13. The third kappa shape index (κ3) is 10.1. The highest BCUT2D eigenvalue weighted by atomic mass is 32.1. The smallest absolute Gasteiger partial charge is 0.246 e. The maximum absolute atomic E-state index is 13.9. The number of carbonyl (C=O) groups excluding carboxylic acids is 3. The number of H-pyrrole nitrogens is 1. The molecule has 5 heterocycles. The number of aromatic amines is 1. The maximum atomic E-state index is 13.9. The molecule has 2 aromatic carbocycles. The zero-order valence-corrected chi connectivity index (χ0v) is 34.4. The Bertz CT molecular complexity index is 2390. The first kappa shape index (κ1) is 41.4. The summed E-state index contributed by atoms with van der Waals surface area (Å²) in [5.41, 5.74) is 8.11. The zero-order valence-electron chi connectivity index (χ0n) is 33.6. The van der Waals surface area contributed by atoms with Gasteiger partial charge in [-0.25, -0.2) is 9.97 Å². The van der Waals surface area contributed by atoms with E-state index in [0.29, 0.717) is 12.5 Å². The molecule has 1 aliphatic rings. The van der Waals surface area contributed by atoms with Gasteiger partial charge in [0.1, 0.15) is 25.3 Å². The van der Waals surface area contributed by atoms with E-state index in [1.807, 2.05) is 81.9 Å². The van der Waals surface area contributed by atoms with Crippen molar-refractivity contribution in [3.63, 3.8) is 0 Å². The molecular formula is C44H49N7O7S. The number of hydrogen-bond acceptors (Lipinski definition) is 11. The number of fused-ring (bicyclic) bond motifs is 3. The van der Waals surface area contributed by atoms with Crippen LogP contribution < -0.4 is 15.4 Å². The first-order valence-corrected chi connectivity index (χ1v) is 20.5. The van der Waals surface area contributed by atoms with Crippen LogP contribution in [0.1, 0.15) is 38.4 Å². The summed E-state index contributed by atoms with van der Waals surface area (Å²) in [6.07, 6.45) is 4.65. The van der Waals surface area contributed by atoms with Crippen LogP contribution in [0.15, 0.2) is 84.8 Å². The van der Waals surface area contributed by atoms with Gasteiger partial charge in [0.25, 0.3) is 0 Å². The fraction of sp³-hybridized carbons (Fsp3) is 0.364. The van der Waals surface area contributed by atoms with Crippen molar-refractivity contribution < 1.29 is 33.7 Å². The highest BCUT2D eigenvalue weighted by Crippen LogP contribution is 2.31. The largest absolute Gasteiger partial charge is 0.475 e. The Morgan fingerprint density at radius 1 is 0.915 bits per heavy atom. The van der Waals surface area contributed by atoms with Gasteiger partial charge in [0, 0.05) is 71.5 Å². The van der Waals surface area contributed by atoms with Gasteiger partial charge in [0.05, 0.1) is 42.0 Å². The lowest BCUT2D eigenvalue weighted by atomic mass is 9.85. The van der Waals surface area contributed by atoms with Crippen LogP contribution in [0.3, 0.4) is 0 Å². The van der Waals surface area contributed by atoms with Crippen LogP contribution in [0.5, 0.6) is 5.88 Å². The number of nitrogens with one attached hydrogen (secondary N) is 3. The number of ether oxygens (including phenoxy) is 3. The Kier molecular flexibility index (Phi) is 13.0. The molecule has 15 heteroatoms. The Morgan fingerprint density at radius 3 is 2.42 bits per heavy atom. The molecule has 1 fully saturated rings. The third-order valence-electron chi connectivity index (χ3n) is 10.3. The first-order valence-electron chi connectivity index (χ1n) is 19.6. The Hall–Kier alpha value is -5.74. The lowest BCUT2D eigenvalue weighted by Gasteiger charge is -2.35. The van der Waals surface area contributed by atoms with Gasteiger partial charge in [0.2, 0.25) is 23.6 Å². The number of aromatic nitrogens is 4. The van der Waals surface area contributed by atoms with Gasteiger partial charge in [-0.2, -0.15) is 0 Å². The molecule has 6 aromatic rings. The molecule has 0 aliphatic carbocycles. The predicted molar refractivity (Wildman–Crippen MR) is 226 cm³/mol. The Labute approximate surface area is 346 Å². The fourth-order valence-electron chi connectivity index (χ4n) is 7.13. The molecule has 14 nitrogen and oxygen atoms in total. The first-order chi connectivity index (χ1) is 28.4. The van der Waals surface area contributed by atoms with Crippen molar-refractivity contribution in [3.8, 4) is 27.4 Å². The summed E-state index contributed by atoms with van der Waals surface area (Å²) < 4.78 is 16.9. The van der Waals surface area contributed by atoms with E-state index >= 15 is 0 Å². The second-order valence-electron chi connectivity index (χ2n) is 15.6. The number of thiazole rings is 1. The number of rotatable bonds is 16. The monoisotopic (exact) mass is 819 g/mol. The van der Waals surface area contributed by atoms with Crippen molar-refractivity contribution in [2.45, 2.75) is 58.8 Å². The predicted octanol–water partition coefficient (Wildman–Crippen LogP) is 5.43. The van der Waals surface area contributed by atoms with E-state index in [1.165, 1.54) is 4.90 Å². The van der Waals surface area contributed by atoms with E-state index in [9.17, 15) is 19.5 Å². The molecular weight excluding hydrogens is 771 g/mol. The van der Waals surface area contributed by atoms with Gasteiger partial charge in [-0.15, -0.1) is 11.3 Å². The van der Waals surface area contributed by atoms with E-state index in [2.05, 4.69) is 48.8 Å². The molecule has 0 saturated carbocycles.